The van der Waals surface area contributed by atoms with Gasteiger partial charge in [0.05, 0.1) is 11.4 Å². The molecule has 0 spiro atoms. The summed E-state index contributed by atoms with van der Waals surface area (Å²) in [6.07, 6.45) is 0. The van der Waals surface area contributed by atoms with Crippen LogP contribution in [0.5, 0.6) is 5.75 Å². The van der Waals surface area contributed by atoms with Crippen LogP contribution in [0.1, 0.15) is 22.8 Å². The van der Waals surface area contributed by atoms with Gasteiger partial charge in [0, 0.05) is 30.8 Å². The fourth-order valence-corrected chi connectivity index (χ4v) is 3.30. The molecule has 162 valence electrons. The van der Waals surface area contributed by atoms with Crippen LogP contribution < -0.4 is 5.69 Å². The van der Waals surface area contributed by atoms with Gasteiger partial charge in [0.2, 0.25) is 0 Å². The lowest BCUT2D eigenvalue weighted by Crippen LogP contribution is -2.36. The second kappa shape index (κ2) is 9.57. The highest BCUT2D eigenvalue weighted by Gasteiger charge is 2.15. The fourth-order valence-electron chi connectivity index (χ4n) is 3.30. The van der Waals surface area contributed by atoms with E-state index in [1.54, 1.807) is 48.2 Å². The number of hydrogen-bond donors (Lipinski definition) is 2. The number of aryl methyl sites for hydroxylation is 1. The van der Waals surface area contributed by atoms with Gasteiger partial charge < -0.3 is 19.9 Å². The summed E-state index contributed by atoms with van der Waals surface area (Å²) in [7, 11) is 3.96. The molecule has 0 bridgehead atoms. The third-order valence-electron chi connectivity index (χ3n) is 5.14. The maximum atomic E-state index is 13.0. The molecule has 3 aromatic rings. The Balaban J connectivity index is 1.95. The van der Waals surface area contributed by atoms with Crippen molar-refractivity contribution < 1.29 is 9.90 Å². The normalized spacial score (nSPS) is 11.0. The lowest BCUT2D eigenvalue weighted by Gasteiger charge is -2.23. The summed E-state index contributed by atoms with van der Waals surface area (Å²) in [6.45, 7) is 5.80. The number of likely N-dealkylation sites (N-methyl/N-ethyl adjacent to an activating group) is 2. The molecule has 0 unspecified atom stereocenters. The van der Waals surface area contributed by atoms with Gasteiger partial charge >= 0.3 is 5.69 Å². The maximum Gasteiger partial charge on any atom is 0.345 e. The molecule has 7 heteroatoms. The molecular weight excluding hydrogens is 392 g/mol. The molecule has 0 aliphatic heterocycles. The van der Waals surface area contributed by atoms with Gasteiger partial charge in [-0.05, 0) is 75.5 Å². The van der Waals surface area contributed by atoms with Crippen molar-refractivity contribution in [3.05, 3.63) is 70.1 Å². The molecule has 3 rings (SSSR count). The number of H-pyrrole nitrogens is 1. The average Bonchev–Trinajstić information content (AvgIpc) is 2.75. The summed E-state index contributed by atoms with van der Waals surface area (Å²) in [5.74, 6) is 0.145. The van der Waals surface area contributed by atoms with Gasteiger partial charge in [-0.2, -0.15) is 4.98 Å². The number of phenolic OH excluding ortho intramolecular Hbond substituents is 1. The molecule has 0 saturated heterocycles. The summed E-state index contributed by atoms with van der Waals surface area (Å²) in [5.41, 5.74) is 3.33. The topological polar surface area (TPSA) is 89.5 Å². The van der Waals surface area contributed by atoms with Crippen molar-refractivity contribution in [2.75, 3.05) is 33.7 Å². The number of hydrogen-bond acceptors (Lipinski definition) is 5. The molecule has 7 nitrogen and oxygen atoms in total. The predicted octanol–water partition coefficient (Wildman–Crippen LogP) is 3.14. The molecule has 0 atom stereocenters. The van der Waals surface area contributed by atoms with Crippen LogP contribution in [-0.4, -0.2) is 64.5 Å². The van der Waals surface area contributed by atoms with Gasteiger partial charge in [0.1, 0.15) is 5.75 Å². The number of phenols is 1. The monoisotopic (exact) mass is 420 g/mol. The maximum absolute atomic E-state index is 13.0. The van der Waals surface area contributed by atoms with Crippen LogP contribution >= 0.6 is 0 Å². The van der Waals surface area contributed by atoms with E-state index in [0.717, 1.165) is 17.7 Å². The van der Waals surface area contributed by atoms with Crippen molar-refractivity contribution in [2.45, 2.75) is 13.8 Å². The highest BCUT2D eigenvalue weighted by Crippen LogP contribution is 2.26. The largest absolute Gasteiger partial charge is 0.508 e. The van der Waals surface area contributed by atoms with Crippen molar-refractivity contribution in [1.29, 1.82) is 0 Å². The van der Waals surface area contributed by atoms with Gasteiger partial charge in [-0.1, -0.05) is 12.1 Å². The second-order valence-electron chi connectivity index (χ2n) is 7.76. The highest BCUT2D eigenvalue weighted by atomic mass is 16.3. The zero-order valence-electron chi connectivity index (χ0n) is 18.3. The number of amides is 1. The van der Waals surface area contributed by atoms with Crippen LogP contribution in [0.4, 0.5) is 0 Å². The number of carbonyl (C=O) groups is 1. The Kier molecular flexibility index (Phi) is 6.87. The molecular formula is C24H28N4O3. The minimum absolute atomic E-state index is 0.0445. The van der Waals surface area contributed by atoms with Crippen molar-refractivity contribution >= 4 is 5.91 Å². The zero-order valence-corrected chi connectivity index (χ0v) is 18.3. The fraction of sp³-hybridized carbons (Fsp3) is 0.292. The van der Waals surface area contributed by atoms with E-state index in [-0.39, 0.29) is 11.7 Å². The van der Waals surface area contributed by atoms with Crippen molar-refractivity contribution in [1.82, 2.24) is 19.8 Å². The van der Waals surface area contributed by atoms with E-state index in [4.69, 9.17) is 0 Å². The summed E-state index contributed by atoms with van der Waals surface area (Å²) in [6, 6.07) is 14.1. The van der Waals surface area contributed by atoms with Gasteiger partial charge in [-0.15, -0.1) is 0 Å². The number of nitrogens with zero attached hydrogens (tertiary/aromatic N) is 3. The zero-order chi connectivity index (χ0) is 22.5. The Morgan fingerprint density at radius 1 is 1.06 bits per heavy atom. The first-order valence-electron chi connectivity index (χ1n) is 10.2. The van der Waals surface area contributed by atoms with Gasteiger partial charge in [-0.3, -0.25) is 4.79 Å². The third-order valence-corrected chi connectivity index (χ3v) is 5.14. The molecule has 0 aliphatic rings. The molecule has 0 saturated carbocycles. The molecule has 1 heterocycles. The quantitative estimate of drug-likeness (QED) is 0.613. The highest BCUT2D eigenvalue weighted by molar-refractivity contribution is 5.95. The predicted molar refractivity (Wildman–Crippen MR) is 122 cm³/mol. The Morgan fingerprint density at radius 2 is 1.84 bits per heavy atom. The van der Waals surface area contributed by atoms with E-state index in [2.05, 4.69) is 9.97 Å². The van der Waals surface area contributed by atoms with Crippen LogP contribution in [0.15, 0.2) is 53.3 Å². The number of aromatic nitrogens is 2. The second-order valence-corrected chi connectivity index (χ2v) is 7.76. The molecule has 0 fully saturated rings. The van der Waals surface area contributed by atoms with Crippen molar-refractivity contribution in [2.24, 2.45) is 0 Å². The van der Waals surface area contributed by atoms with E-state index in [9.17, 15) is 14.7 Å². The van der Waals surface area contributed by atoms with E-state index in [0.29, 0.717) is 35.6 Å². The van der Waals surface area contributed by atoms with Crippen LogP contribution in [0.2, 0.25) is 0 Å². The molecule has 1 amide bonds. The van der Waals surface area contributed by atoms with Crippen molar-refractivity contribution in [3.63, 3.8) is 0 Å². The minimum atomic E-state index is -0.476. The van der Waals surface area contributed by atoms with Crippen LogP contribution in [0, 0.1) is 6.92 Å². The number of carbonyl (C=O) groups excluding carboxylic acids is 1. The average molecular weight is 421 g/mol. The van der Waals surface area contributed by atoms with Gasteiger partial charge in [0.15, 0.2) is 0 Å². The van der Waals surface area contributed by atoms with E-state index in [1.807, 2.05) is 38.1 Å². The van der Waals surface area contributed by atoms with Crippen LogP contribution in [0.25, 0.3) is 22.5 Å². The first-order chi connectivity index (χ1) is 14.8. The third kappa shape index (κ3) is 5.38. The summed E-state index contributed by atoms with van der Waals surface area (Å²) in [5, 5.41) is 9.77. The van der Waals surface area contributed by atoms with Crippen LogP contribution in [0.3, 0.4) is 0 Å². The summed E-state index contributed by atoms with van der Waals surface area (Å²) in [4.78, 5) is 35.9. The van der Waals surface area contributed by atoms with E-state index >= 15 is 0 Å². The number of aromatic hydroxyl groups is 1. The molecule has 2 aromatic carbocycles. The number of benzene rings is 2. The lowest BCUT2D eigenvalue weighted by atomic mass is 10.0. The van der Waals surface area contributed by atoms with E-state index < -0.39 is 5.69 Å². The van der Waals surface area contributed by atoms with Gasteiger partial charge in [0.25, 0.3) is 5.91 Å². The Labute approximate surface area is 182 Å². The summed E-state index contributed by atoms with van der Waals surface area (Å²) >= 11 is 0. The number of nitrogens with one attached hydrogen (secondary N) is 1. The summed E-state index contributed by atoms with van der Waals surface area (Å²) < 4.78 is 0. The number of aromatic amines is 1. The Morgan fingerprint density at radius 3 is 2.52 bits per heavy atom. The molecule has 0 aliphatic carbocycles. The molecule has 0 radical (unpaired) electrons. The number of rotatable bonds is 7. The Hall–Kier alpha value is -3.45. The first-order valence-corrected chi connectivity index (χ1v) is 10.2. The smallest absolute Gasteiger partial charge is 0.345 e. The first kappa shape index (κ1) is 22.2. The molecule has 31 heavy (non-hydrogen) atoms. The molecule has 1 aromatic heterocycles. The molecule has 2 N–H and O–H groups in total. The Bertz CT molecular complexity index is 1140. The van der Waals surface area contributed by atoms with Crippen LogP contribution in [-0.2, 0) is 0 Å². The van der Waals surface area contributed by atoms with Gasteiger partial charge in [-0.25, -0.2) is 4.79 Å². The standard InChI is InChI=1S/C24H28N4O3/c1-5-28(12-11-27(3)4)23(30)19-8-6-7-17(14-19)20-15-21(26-24(31)25-20)18-9-10-22(29)16(2)13-18/h6-10,13-15,29H,5,11-12H2,1-4H3,(H,25,26,31). The minimum Gasteiger partial charge on any atom is -0.508 e. The van der Waals surface area contributed by atoms with E-state index in [1.165, 1.54) is 0 Å². The lowest BCUT2D eigenvalue weighted by molar-refractivity contribution is 0.0754. The van der Waals surface area contributed by atoms with Crippen molar-refractivity contribution in [3.8, 4) is 28.3 Å². The SMILES string of the molecule is CCN(CCN(C)C)C(=O)c1cccc(-c2cc(-c3ccc(O)c(C)c3)nc(=O)[nH]2)c1.